The molecule has 0 aliphatic heterocycles. The molecular formula is C19H31N5O10S. The molecule has 0 aliphatic carbocycles. The van der Waals surface area contributed by atoms with Crippen molar-refractivity contribution in [3.63, 3.8) is 0 Å². The third-order valence-electron chi connectivity index (χ3n) is 4.56. The molecule has 4 unspecified atom stereocenters. The van der Waals surface area contributed by atoms with Gasteiger partial charge in [0.25, 0.3) is 0 Å². The van der Waals surface area contributed by atoms with Gasteiger partial charge >= 0.3 is 17.9 Å². The smallest absolute Gasteiger partial charge is 0.326 e. The summed E-state index contributed by atoms with van der Waals surface area (Å²) in [6, 6.07) is -5.73. The third-order valence-corrected chi connectivity index (χ3v) is 5.20. The first kappa shape index (κ1) is 31.6. The fraction of sp³-hybridized carbons (Fsp3) is 0.632. The molecule has 0 saturated carbocycles. The summed E-state index contributed by atoms with van der Waals surface area (Å²) in [4.78, 5) is 81.8. The number of carbonyl (C=O) groups is 7. The van der Waals surface area contributed by atoms with E-state index in [1.807, 2.05) is 0 Å². The van der Waals surface area contributed by atoms with Gasteiger partial charge in [0.1, 0.15) is 18.1 Å². The summed E-state index contributed by atoms with van der Waals surface area (Å²) in [5.74, 6) is -7.45. The number of nitrogens with one attached hydrogen (secondary N) is 3. The number of amides is 4. The second-order valence-corrected chi connectivity index (χ2v) is 8.43. The van der Waals surface area contributed by atoms with Gasteiger partial charge in [-0.1, -0.05) is 0 Å². The van der Waals surface area contributed by atoms with Gasteiger partial charge in [-0.25, -0.2) is 4.79 Å². The van der Waals surface area contributed by atoms with E-state index < -0.39 is 72.1 Å². The van der Waals surface area contributed by atoms with Crippen molar-refractivity contribution < 1.29 is 48.9 Å². The van der Waals surface area contributed by atoms with E-state index in [1.54, 1.807) is 6.26 Å². The van der Waals surface area contributed by atoms with Crippen LogP contribution in [0, 0.1) is 0 Å². The normalized spacial score (nSPS) is 14.0. The van der Waals surface area contributed by atoms with E-state index in [2.05, 4.69) is 16.0 Å². The van der Waals surface area contributed by atoms with Crippen LogP contribution in [-0.4, -0.2) is 93.0 Å². The van der Waals surface area contributed by atoms with Gasteiger partial charge in [0.2, 0.25) is 23.6 Å². The van der Waals surface area contributed by atoms with Gasteiger partial charge in [0.15, 0.2) is 0 Å². The molecule has 16 heteroatoms. The van der Waals surface area contributed by atoms with Crippen molar-refractivity contribution >= 4 is 53.3 Å². The lowest BCUT2D eigenvalue weighted by Gasteiger charge is -2.24. The maximum Gasteiger partial charge on any atom is 0.326 e. The number of hydrogen-bond acceptors (Lipinski definition) is 9. The topological polar surface area (TPSA) is 268 Å². The molecule has 4 amide bonds. The zero-order valence-corrected chi connectivity index (χ0v) is 19.8. The van der Waals surface area contributed by atoms with Crippen LogP contribution in [0.2, 0.25) is 0 Å². The minimum absolute atomic E-state index is 0.0716. The average molecular weight is 522 g/mol. The predicted molar refractivity (Wildman–Crippen MR) is 122 cm³/mol. The van der Waals surface area contributed by atoms with Crippen LogP contribution in [0.1, 0.15) is 38.5 Å². The van der Waals surface area contributed by atoms with Gasteiger partial charge in [0.05, 0.1) is 12.5 Å². The number of carbonyl (C=O) groups excluding carboxylic acids is 4. The Bertz CT molecular complexity index is 809. The number of carboxylic acid groups (broad SMARTS) is 3. The second-order valence-electron chi connectivity index (χ2n) is 7.44. The Labute approximate surface area is 204 Å². The SMILES string of the molecule is CSCCC(NC(=O)C(N)CCC(=O)O)C(=O)NC(CC(=O)O)C(=O)NC(CCC(N)=O)C(=O)O. The molecule has 0 fully saturated rings. The number of nitrogens with two attached hydrogens (primary N) is 2. The average Bonchev–Trinajstić information content (AvgIpc) is 2.75. The second kappa shape index (κ2) is 16.3. The Balaban J connectivity index is 5.47. The summed E-state index contributed by atoms with van der Waals surface area (Å²) >= 11 is 1.34. The van der Waals surface area contributed by atoms with Crippen LogP contribution in [0.15, 0.2) is 0 Å². The van der Waals surface area contributed by atoms with Crippen LogP contribution in [0.3, 0.4) is 0 Å². The summed E-state index contributed by atoms with van der Waals surface area (Å²) in [6.45, 7) is 0. The molecule has 0 rings (SSSR count). The Hall–Kier alpha value is -3.40. The third kappa shape index (κ3) is 13.8. The minimum atomic E-state index is -1.70. The number of aliphatic carboxylic acids is 3. The van der Waals surface area contributed by atoms with Crippen molar-refractivity contribution in [1.82, 2.24) is 16.0 Å². The van der Waals surface area contributed by atoms with Crippen LogP contribution in [-0.2, 0) is 33.6 Å². The highest BCUT2D eigenvalue weighted by molar-refractivity contribution is 7.98. The number of carboxylic acids is 3. The zero-order chi connectivity index (χ0) is 27.1. The van der Waals surface area contributed by atoms with E-state index in [-0.39, 0.29) is 32.1 Å². The van der Waals surface area contributed by atoms with Gasteiger partial charge in [-0.15, -0.1) is 0 Å². The first-order valence-corrected chi connectivity index (χ1v) is 11.8. The van der Waals surface area contributed by atoms with Crippen molar-refractivity contribution in [3.05, 3.63) is 0 Å². The van der Waals surface area contributed by atoms with Crippen molar-refractivity contribution in [1.29, 1.82) is 0 Å². The fourth-order valence-electron chi connectivity index (χ4n) is 2.67. The Morgan fingerprint density at radius 1 is 0.743 bits per heavy atom. The van der Waals surface area contributed by atoms with Gasteiger partial charge in [-0.05, 0) is 31.3 Å². The molecule has 0 aromatic carbocycles. The molecular weight excluding hydrogens is 490 g/mol. The number of primary amides is 1. The molecule has 0 heterocycles. The van der Waals surface area contributed by atoms with Crippen molar-refractivity contribution in [2.75, 3.05) is 12.0 Å². The number of thioether (sulfide) groups is 1. The largest absolute Gasteiger partial charge is 0.481 e. The fourth-order valence-corrected chi connectivity index (χ4v) is 3.14. The quantitative estimate of drug-likeness (QED) is 0.0909. The van der Waals surface area contributed by atoms with Crippen LogP contribution in [0.25, 0.3) is 0 Å². The standard InChI is InChI=1S/C19H31N5O10S/c1-35-7-6-10(22-16(30)9(20)2-5-14(26)27)17(31)24-12(8-15(28)29)18(32)23-11(19(33)34)3-4-13(21)25/h9-12H,2-8,20H2,1H3,(H2,21,25)(H,22,30)(H,23,32)(H,24,31)(H,26,27)(H,28,29)(H,33,34). The Kier molecular flexibility index (Phi) is 14.7. The van der Waals surface area contributed by atoms with E-state index in [4.69, 9.17) is 21.7 Å². The van der Waals surface area contributed by atoms with Gasteiger partial charge in [0, 0.05) is 12.8 Å². The molecule has 0 aromatic rings. The van der Waals surface area contributed by atoms with E-state index in [0.29, 0.717) is 5.75 Å². The first-order chi connectivity index (χ1) is 16.3. The summed E-state index contributed by atoms with van der Waals surface area (Å²) in [5.41, 5.74) is 10.6. The van der Waals surface area contributed by atoms with Crippen molar-refractivity contribution in [2.45, 2.75) is 62.7 Å². The van der Waals surface area contributed by atoms with Gasteiger partial charge in [-0.3, -0.25) is 28.8 Å². The molecule has 4 atom stereocenters. The van der Waals surface area contributed by atoms with Crippen LogP contribution in [0.4, 0.5) is 0 Å². The number of hydrogen-bond donors (Lipinski definition) is 8. The van der Waals surface area contributed by atoms with Crippen LogP contribution in [0.5, 0.6) is 0 Å². The summed E-state index contributed by atoms with van der Waals surface area (Å²) in [7, 11) is 0. The van der Waals surface area contributed by atoms with Crippen molar-refractivity contribution in [2.24, 2.45) is 11.5 Å². The van der Waals surface area contributed by atoms with E-state index in [9.17, 15) is 38.7 Å². The molecule has 198 valence electrons. The van der Waals surface area contributed by atoms with E-state index in [0.717, 1.165) is 0 Å². The maximum absolute atomic E-state index is 12.8. The molecule has 0 bridgehead atoms. The van der Waals surface area contributed by atoms with E-state index >= 15 is 0 Å². The highest BCUT2D eigenvalue weighted by atomic mass is 32.2. The Morgan fingerprint density at radius 2 is 1.29 bits per heavy atom. The Morgan fingerprint density at radius 3 is 1.77 bits per heavy atom. The van der Waals surface area contributed by atoms with Gasteiger partial charge in [-0.2, -0.15) is 11.8 Å². The van der Waals surface area contributed by atoms with Crippen LogP contribution < -0.4 is 27.4 Å². The lowest BCUT2D eigenvalue weighted by molar-refractivity contribution is -0.144. The molecule has 0 radical (unpaired) electrons. The lowest BCUT2D eigenvalue weighted by Crippen LogP contribution is -2.57. The summed E-state index contributed by atoms with van der Waals surface area (Å²) in [6.07, 6.45) is -0.387. The number of rotatable bonds is 18. The molecule has 35 heavy (non-hydrogen) atoms. The summed E-state index contributed by atoms with van der Waals surface area (Å²) in [5, 5.41) is 33.7. The molecule has 0 aromatic heterocycles. The molecule has 0 aliphatic rings. The molecule has 0 spiro atoms. The molecule has 10 N–H and O–H groups in total. The predicted octanol–water partition coefficient (Wildman–Crippen LogP) is -2.79. The highest BCUT2D eigenvalue weighted by Crippen LogP contribution is 2.06. The van der Waals surface area contributed by atoms with Crippen molar-refractivity contribution in [3.8, 4) is 0 Å². The summed E-state index contributed by atoms with van der Waals surface area (Å²) < 4.78 is 0. The van der Waals surface area contributed by atoms with Crippen LogP contribution >= 0.6 is 11.8 Å². The maximum atomic E-state index is 12.8. The zero-order valence-electron chi connectivity index (χ0n) is 19.0. The molecule has 0 saturated heterocycles. The van der Waals surface area contributed by atoms with Gasteiger partial charge < -0.3 is 42.7 Å². The highest BCUT2D eigenvalue weighted by Gasteiger charge is 2.31. The lowest BCUT2D eigenvalue weighted by atomic mass is 10.1. The monoisotopic (exact) mass is 521 g/mol. The first-order valence-electron chi connectivity index (χ1n) is 10.4. The minimum Gasteiger partial charge on any atom is -0.481 e. The van der Waals surface area contributed by atoms with E-state index in [1.165, 1.54) is 11.8 Å². The molecule has 15 nitrogen and oxygen atoms in total.